The van der Waals surface area contributed by atoms with Gasteiger partial charge in [0.1, 0.15) is 0 Å². The molecule has 0 fully saturated rings. The maximum absolute atomic E-state index is 3.13. The van der Waals surface area contributed by atoms with E-state index in [1.807, 2.05) is 24.1 Å². The van der Waals surface area contributed by atoms with Crippen molar-refractivity contribution in [1.29, 1.82) is 0 Å². The van der Waals surface area contributed by atoms with Gasteiger partial charge in [-0.2, -0.15) is 0 Å². The summed E-state index contributed by atoms with van der Waals surface area (Å²) < 4.78 is 0. The molecule has 2 radical (unpaired) electrons. The minimum Gasteiger partial charge on any atom is -0.353 e. The molecule has 0 N–H and O–H groups in total. The molecule has 2 rings (SSSR count). The van der Waals surface area contributed by atoms with E-state index < -0.39 is 0 Å². The van der Waals surface area contributed by atoms with Crippen LogP contribution in [0.4, 0.5) is 5.69 Å². The maximum atomic E-state index is 3.13. The molecule has 0 aliphatic carbocycles. The maximum Gasteiger partial charge on any atom is 0.164 e. The summed E-state index contributed by atoms with van der Waals surface area (Å²) in [5.41, 5.74) is 1.26. The number of anilines is 1. The number of fused-ring (bicyclic) bond motifs is 1. The van der Waals surface area contributed by atoms with Gasteiger partial charge in [-0.3, -0.25) is 0 Å². The van der Waals surface area contributed by atoms with Crippen molar-refractivity contribution in [1.82, 2.24) is 0 Å². The van der Waals surface area contributed by atoms with Crippen LogP contribution in [0.3, 0.4) is 0 Å². The van der Waals surface area contributed by atoms with Crippen LogP contribution in [0.25, 0.3) is 0 Å². The number of benzene rings is 1. The van der Waals surface area contributed by atoms with Gasteiger partial charge >= 0.3 is 0 Å². The molecule has 0 amide bonds. The fourth-order valence-electron chi connectivity index (χ4n) is 0.987. The Morgan fingerprint density at radius 3 is 3.00 bits per heavy atom. The van der Waals surface area contributed by atoms with E-state index in [1.54, 1.807) is 11.8 Å². The summed E-state index contributed by atoms with van der Waals surface area (Å²) in [5.74, 6) is 3.13. The number of para-hydroxylation sites is 1. The summed E-state index contributed by atoms with van der Waals surface area (Å²) in [7, 11) is 2.01. The molecule has 1 nitrogen and oxygen atoms in total. The second kappa shape index (κ2) is 2.20. The zero-order valence-electron chi connectivity index (χ0n) is 5.66. The highest BCUT2D eigenvalue weighted by molar-refractivity contribution is 8.01. The third-order valence-electron chi connectivity index (χ3n) is 1.52. The Balaban J connectivity index is 2.51. The van der Waals surface area contributed by atoms with Gasteiger partial charge in [-0.05, 0) is 12.1 Å². The van der Waals surface area contributed by atoms with E-state index in [0.717, 1.165) is 0 Å². The lowest BCUT2D eigenvalue weighted by Crippen LogP contribution is -2.05. The normalized spacial score (nSPS) is 15.5. The minimum absolute atomic E-state index is 1.26. The molecular formula is C8H7NS. The highest BCUT2D eigenvalue weighted by atomic mass is 32.2. The molecule has 0 unspecified atom stereocenters. The van der Waals surface area contributed by atoms with Crippen molar-refractivity contribution < 1.29 is 0 Å². The average molecular weight is 149 g/mol. The van der Waals surface area contributed by atoms with Crippen molar-refractivity contribution in [3.8, 4) is 0 Å². The smallest absolute Gasteiger partial charge is 0.164 e. The Labute approximate surface area is 65.0 Å². The average Bonchev–Trinajstić information content (AvgIpc) is 2.34. The number of hydrogen-bond acceptors (Lipinski definition) is 2. The van der Waals surface area contributed by atoms with Gasteiger partial charge in [0.2, 0.25) is 0 Å². The van der Waals surface area contributed by atoms with Crippen molar-refractivity contribution in [2.45, 2.75) is 4.90 Å². The van der Waals surface area contributed by atoms with Crippen molar-refractivity contribution in [2.24, 2.45) is 0 Å². The topological polar surface area (TPSA) is 3.24 Å². The Bertz CT molecular complexity index is 247. The first-order valence-electron chi connectivity index (χ1n) is 3.13. The first-order valence-corrected chi connectivity index (χ1v) is 3.95. The van der Waals surface area contributed by atoms with Gasteiger partial charge in [0.15, 0.2) is 5.88 Å². The fourth-order valence-corrected chi connectivity index (χ4v) is 1.78. The first kappa shape index (κ1) is 6.10. The van der Waals surface area contributed by atoms with Crippen LogP contribution < -0.4 is 4.90 Å². The second-order valence-corrected chi connectivity index (χ2v) is 3.05. The van der Waals surface area contributed by atoms with Gasteiger partial charge in [-0.25, -0.2) is 0 Å². The van der Waals surface area contributed by atoms with E-state index in [2.05, 4.69) is 18.0 Å². The van der Waals surface area contributed by atoms with Crippen LogP contribution in [0.15, 0.2) is 29.2 Å². The van der Waals surface area contributed by atoms with Crippen LogP contribution in [-0.2, 0) is 0 Å². The molecule has 0 saturated carbocycles. The first-order chi connectivity index (χ1) is 4.88. The third-order valence-corrected chi connectivity index (χ3v) is 2.45. The molecule has 50 valence electrons. The van der Waals surface area contributed by atoms with Crippen LogP contribution in [0.1, 0.15) is 0 Å². The highest BCUT2D eigenvalue weighted by Gasteiger charge is 2.15. The third kappa shape index (κ3) is 0.797. The number of hydrogen-bond donors (Lipinski definition) is 0. The Morgan fingerprint density at radius 1 is 1.40 bits per heavy atom. The SMILES string of the molecule is CN1[C]Sc2ccccc21. The van der Waals surface area contributed by atoms with Crippen LogP contribution >= 0.6 is 11.8 Å². The fraction of sp³-hybridized carbons (Fsp3) is 0.125. The molecule has 0 atom stereocenters. The van der Waals surface area contributed by atoms with E-state index in [9.17, 15) is 0 Å². The number of rotatable bonds is 0. The summed E-state index contributed by atoms with van der Waals surface area (Å²) >= 11 is 1.65. The summed E-state index contributed by atoms with van der Waals surface area (Å²) in [6, 6.07) is 8.30. The molecule has 1 heterocycles. The summed E-state index contributed by atoms with van der Waals surface area (Å²) in [4.78, 5) is 3.31. The van der Waals surface area contributed by atoms with E-state index in [4.69, 9.17) is 0 Å². The molecule has 1 aromatic rings. The van der Waals surface area contributed by atoms with Crippen LogP contribution in [0, 0.1) is 5.88 Å². The van der Waals surface area contributed by atoms with E-state index in [0.29, 0.717) is 0 Å². The Kier molecular flexibility index (Phi) is 1.34. The van der Waals surface area contributed by atoms with Crippen molar-refractivity contribution in [2.75, 3.05) is 11.9 Å². The van der Waals surface area contributed by atoms with E-state index in [-0.39, 0.29) is 0 Å². The van der Waals surface area contributed by atoms with Crippen LogP contribution in [0.5, 0.6) is 0 Å². The molecule has 0 aromatic heterocycles. The zero-order chi connectivity index (χ0) is 6.97. The second-order valence-electron chi connectivity index (χ2n) is 2.22. The molecular weight excluding hydrogens is 142 g/mol. The summed E-state index contributed by atoms with van der Waals surface area (Å²) in [5, 5.41) is 0. The lowest BCUT2D eigenvalue weighted by atomic mass is 10.3. The minimum atomic E-state index is 1.26. The van der Waals surface area contributed by atoms with Gasteiger partial charge < -0.3 is 4.90 Å². The predicted octanol–water partition coefficient (Wildman–Crippen LogP) is 2.22. The summed E-state index contributed by atoms with van der Waals surface area (Å²) in [6.07, 6.45) is 0. The number of thioether (sulfide) groups is 1. The molecule has 1 aliphatic rings. The van der Waals surface area contributed by atoms with Crippen LogP contribution in [-0.4, -0.2) is 7.05 Å². The molecule has 2 heteroatoms. The summed E-state index contributed by atoms with van der Waals surface area (Å²) in [6.45, 7) is 0. The van der Waals surface area contributed by atoms with Crippen molar-refractivity contribution >= 4 is 17.4 Å². The van der Waals surface area contributed by atoms with Gasteiger partial charge in [0.25, 0.3) is 0 Å². The Morgan fingerprint density at radius 2 is 2.20 bits per heavy atom. The van der Waals surface area contributed by atoms with Crippen molar-refractivity contribution in [3.05, 3.63) is 30.1 Å². The Hall–Kier alpha value is -0.630. The van der Waals surface area contributed by atoms with Gasteiger partial charge in [0.05, 0.1) is 5.69 Å². The highest BCUT2D eigenvalue weighted by Crippen LogP contribution is 2.39. The number of nitrogens with zero attached hydrogens (tertiary/aromatic N) is 1. The molecule has 0 bridgehead atoms. The molecule has 1 aromatic carbocycles. The van der Waals surface area contributed by atoms with Crippen LogP contribution in [0.2, 0.25) is 0 Å². The molecule has 0 saturated heterocycles. The van der Waals surface area contributed by atoms with Gasteiger partial charge in [0, 0.05) is 11.9 Å². The quantitative estimate of drug-likeness (QED) is 0.556. The van der Waals surface area contributed by atoms with Crippen molar-refractivity contribution in [3.63, 3.8) is 0 Å². The predicted molar refractivity (Wildman–Crippen MR) is 43.9 cm³/mol. The standard InChI is InChI=1S/C8H7NS/c1-9-6-10-8-5-3-2-4-7(8)9/h2-5H,1H3. The van der Waals surface area contributed by atoms with Gasteiger partial charge in [-0.1, -0.05) is 23.9 Å². The van der Waals surface area contributed by atoms with E-state index >= 15 is 0 Å². The molecule has 10 heavy (non-hydrogen) atoms. The lowest BCUT2D eigenvalue weighted by molar-refractivity contribution is 1.17. The van der Waals surface area contributed by atoms with E-state index in [1.165, 1.54) is 10.6 Å². The molecule has 1 aliphatic heterocycles. The molecule has 0 spiro atoms. The van der Waals surface area contributed by atoms with Gasteiger partial charge in [-0.15, -0.1) is 0 Å². The zero-order valence-corrected chi connectivity index (χ0v) is 6.48. The lowest BCUT2D eigenvalue weighted by Gasteiger charge is -2.07. The monoisotopic (exact) mass is 149 g/mol. The largest absolute Gasteiger partial charge is 0.353 e.